The number of hydrogen-bond acceptors (Lipinski definition) is 3. The Morgan fingerprint density at radius 2 is 1.79 bits per heavy atom. The van der Waals surface area contributed by atoms with Gasteiger partial charge in [0.1, 0.15) is 0 Å². The van der Waals surface area contributed by atoms with Crippen LogP contribution in [0.3, 0.4) is 0 Å². The summed E-state index contributed by atoms with van der Waals surface area (Å²) in [6.07, 6.45) is 0. The van der Waals surface area contributed by atoms with Crippen molar-refractivity contribution in [2.75, 3.05) is 7.11 Å². The zero-order valence-electron chi connectivity index (χ0n) is 11.5. The van der Waals surface area contributed by atoms with Crippen molar-refractivity contribution in [3.63, 3.8) is 0 Å². The van der Waals surface area contributed by atoms with Gasteiger partial charge in [-0.25, -0.2) is 0 Å². The topological polar surface area (TPSA) is 52.3 Å². The molecule has 0 amide bonds. The lowest BCUT2D eigenvalue weighted by Crippen LogP contribution is -2.37. The third kappa shape index (κ3) is 2.34. The van der Waals surface area contributed by atoms with Crippen molar-refractivity contribution < 1.29 is 9.53 Å². The first kappa shape index (κ1) is 13.6. The fourth-order valence-electron chi connectivity index (χ4n) is 2.30. The maximum atomic E-state index is 11.9. The molecule has 2 aromatic carbocycles. The van der Waals surface area contributed by atoms with Crippen molar-refractivity contribution in [1.82, 2.24) is 0 Å². The number of methoxy groups -OCH3 is 1. The van der Waals surface area contributed by atoms with Crippen molar-refractivity contribution in [2.45, 2.75) is 19.9 Å². The summed E-state index contributed by atoms with van der Waals surface area (Å²) in [4.78, 5) is 11.9. The van der Waals surface area contributed by atoms with Crippen LogP contribution in [0.4, 0.5) is 0 Å². The number of benzene rings is 2. The maximum absolute atomic E-state index is 11.9. The van der Waals surface area contributed by atoms with Gasteiger partial charge < -0.3 is 10.5 Å². The summed E-state index contributed by atoms with van der Waals surface area (Å²) in [6, 6.07) is 13.6. The van der Waals surface area contributed by atoms with Crippen LogP contribution in [0.15, 0.2) is 42.5 Å². The molecule has 2 aromatic rings. The minimum absolute atomic E-state index is 0.298. The lowest BCUT2D eigenvalue weighted by atomic mass is 9.79. The van der Waals surface area contributed by atoms with Crippen molar-refractivity contribution in [3.8, 4) is 0 Å². The average molecular weight is 257 g/mol. The number of carbonyl (C=O) groups is 1. The Balaban J connectivity index is 2.53. The van der Waals surface area contributed by atoms with E-state index in [0.717, 1.165) is 16.3 Å². The molecule has 0 bridgehead atoms. The Morgan fingerprint density at radius 1 is 1.16 bits per heavy atom. The monoisotopic (exact) mass is 257 g/mol. The fraction of sp³-hybridized carbons (Fsp3) is 0.312. The highest BCUT2D eigenvalue weighted by atomic mass is 16.5. The summed E-state index contributed by atoms with van der Waals surface area (Å²) in [5.41, 5.74) is 6.52. The van der Waals surface area contributed by atoms with Gasteiger partial charge >= 0.3 is 5.97 Å². The number of ether oxygens (including phenoxy) is 1. The molecule has 0 radical (unpaired) electrons. The Kier molecular flexibility index (Phi) is 3.58. The molecule has 0 fully saturated rings. The number of nitrogens with two attached hydrogens (primary N) is 1. The molecule has 0 aliphatic carbocycles. The minimum Gasteiger partial charge on any atom is -0.469 e. The van der Waals surface area contributed by atoms with E-state index < -0.39 is 11.5 Å². The van der Waals surface area contributed by atoms with E-state index in [-0.39, 0.29) is 5.97 Å². The lowest BCUT2D eigenvalue weighted by molar-refractivity contribution is -0.152. The first-order chi connectivity index (χ1) is 8.98. The third-order valence-electron chi connectivity index (χ3n) is 3.65. The number of rotatable bonds is 3. The van der Waals surface area contributed by atoms with Crippen LogP contribution in [0, 0.1) is 5.41 Å². The number of hydrogen-bond donors (Lipinski definition) is 1. The molecule has 0 heterocycles. The highest BCUT2D eigenvalue weighted by Crippen LogP contribution is 2.35. The molecular formula is C16H19NO2. The van der Waals surface area contributed by atoms with Crippen LogP contribution in [-0.2, 0) is 9.53 Å². The summed E-state index contributed by atoms with van der Waals surface area (Å²) < 4.78 is 4.85. The van der Waals surface area contributed by atoms with E-state index in [1.807, 2.05) is 56.3 Å². The van der Waals surface area contributed by atoms with Gasteiger partial charge in [0.15, 0.2) is 0 Å². The van der Waals surface area contributed by atoms with Crippen molar-refractivity contribution in [3.05, 3.63) is 48.0 Å². The molecule has 100 valence electrons. The van der Waals surface area contributed by atoms with Gasteiger partial charge in [-0.1, -0.05) is 42.5 Å². The fourth-order valence-corrected chi connectivity index (χ4v) is 2.30. The van der Waals surface area contributed by atoms with E-state index in [2.05, 4.69) is 0 Å². The molecule has 3 nitrogen and oxygen atoms in total. The van der Waals surface area contributed by atoms with Crippen LogP contribution >= 0.6 is 0 Å². The van der Waals surface area contributed by atoms with Crippen LogP contribution in [0.2, 0.25) is 0 Å². The Bertz CT molecular complexity index is 599. The van der Waals surface area contributed by atoms with Crippen LogP contribution in [0.25, 0.3) is 10.8 Å². The minimum atomic E-state index is -0.765. The van der Waals surface area contributed by atoms with Crippen molar-refractivity contribution >= 4 is 16.7 Å². The molecule has 19 heavy (non-hydrogen) atoms. The van der Waals surface area contributed by atoms with Crippen molar-refractivity contribution in [1.29, 1.82) is 0 Å². The van der Waals surface area contributed by atoms with E-state index >= 15 is 0 Å². The molecule has 2 rings (SSSR count). The van der Waals surface area contributed by atoms with Gasteiger partial charge in [0.2, 0.25) is 0 Å². The quantitative estimate of drug-likeness (QED) is 0.860. The van der Waals surface area contributed by atoms with Gasteiger partial charge in [0.05, 0.1) is 12.5 Å². The average Bonchev–Trinajstić information content (AvgIpc) is 2.44. The van der Waals surface area contributed by atoms with Gasteiger partial charge in [-0.3, -0.25) is 4.79 Å². The Hall–Kier alpha value is -1.87. The van der Waals surface area contributed by atoms with Crippen LogP contribution < -0.4 is 5.73 Å². The first-order valence-corrected chi connectivity index (χ1v) is 6.30. The summed E-state index contributed by atoms with van der Waals surface area (Å²) in [5.74, 6) is -0.298. The smallest absolute Gasteiger partial charge is 0.313 e. The third-order valence-corrected chi connectivity index (χ3v) is 3.65. The highest BCUT2D eigenvalue weighted by Gasteiger charge is 2.37. The summed E-state index contributed by atoms with van der Waals surface area (Å²) in [5, 5.41) is 2.20. The molecule has 3 heteroatoms. The van der Waals surface area contributed by atoms with E-state index in [1.54, 1.807) is 0 Å². The Labute approximate surface area is 113 Å². The summed E-state index contributed by atoms with van der Waals surface area (Å²) in [6.45, 7) is 3.62. The zero-order valence-corrected chi connectivity index (χ0v) is 11.5. The van der Waals surface area contributed by atoms with Gasteiger partial charge in [-0.15, -0.1) is 0 Å². The van der Waals surface area contributed by atoms with E-state index in [4.69, 9.17) is 10.5 Å². The molecule has 0 aromatic heterocycles. The predicted molar refractivity (Wildman–Crippen MR) is 76.7 cm³/mol. The summed E-state index contributed by atoms with van der Waals surface area (Å²) in [7, 11) is 1.39. The largest absolute Gasteiger partial charge is 0.469 e. The molecule has 0 aliphatic heterocycles. The normalized spacial score (nSPS) is 13.3. The number of esters is 1. The predicted octanol–water partition coefficient (Wildman–Crippen LogP) is 3.04. The zero-order chi connectivity index (χ0) is 14.0. The number of carbonyl (C=O) groups excluding carboxylic acids is 1. The Morgan fingerprint density at radius 3 is 2.47 bits per heavy atom. The van der Waals surface area contributed by atoms with E-state index in [9.17, 15) is 4.79 Å². The van der Waals surface area contributed by atoms with Crippen molar-refractivity contribution in [2.24, 2.45) is 11.1 Å². The van der Waals surface area contributed by atoms with Gasteiger partial charge in [0, 0.05) is 6.04 Å². The second-order valence-electron chi connectivity index (χ2n) is 5.26. The van der Waals surface area contributed by atoms with E-state index in [1.165, 1.54) is 7.11 Å². The molecule has 1 atom stereocenters. The first-order valence-electron chi connectivity index (χ1n) is 6.30. The van der Waals surface area contributed by atoms with Crippen LogP contribution in [0.1, 0.15) is 25.5 Å². The van der Waals surface area contributed by atoms with Gasteiger partial charge in [-0.05, 0) is 30.2 Å². The maximum Gasteiger partial charge on any atom is 0.313 e. The highest BCUT2D eigenvalue weighted by molar-refractivity contribution is 5.87. The molecule has 0 aliphatic rings. The second kappa shape index (κ2) is 5.02. The molecular weight excluding hydrogens is 238 g/mol. The molecule has 0 saturated carbocycles. The standard InChI is InChI=1S/C16H19NO2/c1-16(2,15(18)19-3)14(17)13-10-6-8-11-7-4-5-9-12(11)13/h4-10,14H,17H2,1-3H3/t14-/m0/s1. The molecule has 0 unspecified atom stereocenters. The summed E-state index contributed by atoms with van der Waals surface area (Å²) >= 11 is 0. The molecule has 2 N–H and O–H groups in total. The number of fused-ring (bicyclic) bond motifs is 1. The van der Waals surface area contributed by atoms with Gasteiger partial charge in [-0.2, -0.15) is 0 Å². The SMILES string of the molecule is COC(=O)C(C)(C)[C@@H](N)c1cccc2ccccc12. The molecule has 0 saturated heterocycles. The lowest BCUT2D eigenvalue weighted by Gasteiger charge is -2.29. The van der Waals surface area contributed by atoms with Crippen LogP contribution in [-0.4, -0.2) is 13.1 Å². The second-order valence-corrected chi connectivity index (χ2v) is 5.26. The van der Waals surface area contributed by atoms with Crippen LogP contribution in [0.5, 0.6) is 0 Å². The van der Waals surface area contributed by atoms with Gasteiger partial charge in [0.25, 0.3) is 0 Å². The van der Waals surface area contributed by atoms with E-state index in [0.29, 0.717) is 0 Å². The molecule has 0 spiro atoms.